The summed E-state index contributed by atoms with van der Waals surface area (Å²) in [5.41, 5.74) is 2.01. The third-order valence-electron chi connectivity index (χ3n) is 5.83. The summed E-state index contributed by atoms with van der Waals surface area (Å²) in [6, 6.07) is 10.6. The molecule has 1 spiro atoms. The van der Waals surface area contributed by atoms with Gasteiger partial charge in [0.2, 0.25) is 0 Å². The van der Waals surface area contributed by atoms with Crippen LogP contribution in [-0.2, 0) is 5.79 Å². The highest BCUT2D eigenvalue weighted by molar-refractivity contribution is 6.30. The van der Waals surface area contributed by atoms with Gasteiger partial charge in [0.25, 0.3) is 5.79 Å². The van der Waals surface area contributed by atoms with E-state index in [1.54, 1.807) is 19.1 Å². The molecule has 0 bridgehead atoms. The fraction of sp³-hybridized carbons (Fsp3) is 0.400. The lowest BCUT2D eigenvalue weighted by atomic mass is 9.57. The molecule has 1 saturated heterocycles. The van der Waals surface area contributed by atoms with E-state index in [1.165, 1.54) is 24.5 Å². The second kappa shape index (κ2) is 5.12. The van der Waals surface area contributed by atoms with Crippen molar-refractivity contribution in [1.29, 1.82) is 0 Å². The van der Waals surface area contributed by atoms with Crippen LogP contribution in [0.2, 0.25) is 5.02 Å². The van der Waals surface area contributed by atoms with E-state index in [1.807, 2.05) is 12.1 Å². The highest BCUT2D eigenvalue weighted by Crippen LogP contribution is 2.58. The molecular weight excluding hydrogens is 341 g/mol. The first-order chi connectivity index (χ1) is 12.0. The molecule has 5 rings (SSSR count). The fourth-order valence-corrected chi connectivity index (χ4v) is 4.57. The van der Waals surface area contributed by atoms with Gasteiger partial charge in [-0.15, -0.1) is 0 Å². The van der Waals surface area contributed by atoms with Crippen LogP contribution < -0.4 is 14.8 Å². The fourth-order valence-electron chi connectivity index (χ4n) is 4.41. The number of fused-ring (bicyclic) bond motifs is 1. The summed E-state index contributed by atoms with van der Waals surface area (Å²) in [5, 5.41) is 3.72. The van der Waals surface area contributed by atoms with Crippen molar-refractivity contribution in [2.45, 2.75) is 31.5 Å². The van der Waals surface area contributed by atoms with Gasteiger partial charge in [-0.1, -0.05) is 23.7 Å². The summed E-state index contributed by atoms with van der Waals surface area (Å²) in [6.07, 6.45) is 2.34. The van der Waals surface area contributed by atoms with E-state index in [4.69, 9.17) is 21.1 Å². The molecule has 0 amide bonds. The quantitative estimate of drug-likeness (QED) is 0.850. The molecule has 1 atom stereocenters. The van der Waals surface area contributed by atoms with E-state index < -0.39 is 11.6 Å². The Labute approximate surface area is 151 Å². The molecule has 2 aromatic carbocycles. The Bertz CT molecular complexity index is 859. The molecule has 1 N–H and O–H groups in total. The predicted octanol–water partition coefficient (Wildman–Crippen LogP) is 4.59. The minimum Gasteiger partial charge on any atom is -0.444 e. The van der Waals surface area contributed by atoms with Gasteiger partial charge in [-0.3, -0.25) is 0 Å². The first-order valence-electron chi connectivity index (χ1n) is 8.65. The summed E-state index contributed by atoms with van der Waals surface area (Å²) >= 11 is 5.87. The van der Waals surface area contributed by atoms with Gasteiger partial charge in [0.05, 0.1) is 5.56 Å². The molecule has 1 unspecified atom stereocenters. The normalized spacial score (nSPS) is 26.4. The molecule has 2 aromatic rings. The average Bonchev–Trinajstić information content (AvgIpc) is 2.82. The van der Waals surface area contributed by atoms with Crippen LogP contribution in [-0.4, -0.2) is 13.1 Å². The van der Waals surface area contributed by atoms with Gasteiger partial charge in [-0.25, -0.2) is 4.39 Å². The second-order valence-corrected chi connectivity index (χ2v) is 8.09. The minimum absolute atomic E-state index is 0.354. The van der Waals surface area contributed by atoms with Gasteiger partial charge >= 0.3 is 0 Å². The number of hydrogen-bond acceptors (Lipinski definition) is 3. The molecule has 2 aliphatic heterocycles. The third kappa shape index (κ3) is 2.27. The molecule has 0 radical (unpaired) electrons. The van der Waals surface area contributed by atoms with Gasteiger partial charge in [0.1, 0.15) is 5.82 Å². The molecule has 1 aliphatic carbocycles. The Kier molecular flexibility index (Phi) is 3.17. The summed E-state index contributed by atoms with van der Waals surface area (Å²) < 4.78 is 26.6. The summed E-state index contributed by atoms with van der Waals surface area (Å²) in [4.78, 5) is 0. The molecule has 130 valence electrons. The van der Waals surface area contributed by atoms with E-state index in [-0.39, 0.29) is 0 Å². The maximum atomic E-state index is 14.4. The van der Waals surface area contributed by atoms with Crippen LogP contribution in [0, 0.1) is 11.2 Å². The van der Waals surface area contributed by atoms with Gasteiger partial charge in [-0.05, 0) is 48.4 Å². The van der Waals surface area contributed by atoms with E-state index in [0.717, 1.165) is 18.8 Å². The van der Waals surface area contributed by atoms with Crippen molar-refractivity contribution in [2.24, 2.45) is 5.41 Å². The highest BCUT2D eigenvalue weighted by Gasteiger charge is 2.51. The number of para-hydroxylation sites is 1. The lowest BCUT2D eigenvalue weighted by molar-refractivity contribution is -0.0716. The summed E-state index contributed by atoms with van der Waals surface area (Å²) in [5.74, 6) is 0.325. The first kappa shape index (κ1) is 15.5. The summed E-state index contributed by atoms with van der Waals surface area (Å²) in [7, 11) is 0. The smallest absolute Gasteiger partial charge is 0.278 e. The maximum absolute atomic E-state index is 14.4. The molecule has 3 aliphatic rings. The molecular formula is C20H19ClFNO2. The lowest BCUT2D eigenvalue weighted by Gasteiger charge is -2.54. The zero-order valence-corrected chi connectivity index (χ0v) is 14.7. The van der Waals surface area contributed by atoms with Crippen LogP contribution in [0.1, 0.15) is 36.8 Å². The number of rotatable bonds is 2. The van der Waals surface area contributed by atoms with Gasteiger partial charge in [0.15, 0.2) is 11.5 Å². The van der Waals surface area contributed by atoms with Crippen LogP contribution in [0.4, 0.5) is 4.39 Å². The van der Waals surface area contributed by atoms with Crippen molar-refractivity contribution in [3.05, 3.63) is 58.4 Å². The Morgan fingerprint density at radius 1 is 1.16 bits per heavy atom. The number of halogens is 2. The zero-order valence-electron chi connectivity index (χ0n) is 13.9. The molecule has 25 heavy (non-hydrogen) atoms. The van der Waals surface area contributed by atoms with Crippen molar-refractivity contribution >= 4 is 11.6 Å². The minimum atomic E-state index is -1.17. The zero-order chi connectivity index (χ0) is 17.2. The number of benzene rings is 2. The Balaban J connectivity index is 1.46. The van der Waals surface area contributed by atoms with Gasteiger partial charge < -0.3 is 14.8 Å². The Morgan fingerprint density at radius 2 is 1.96 bits per heavy atom. The van der Waals surface area contributed by atoms with Crippen LogP contribution in [0.3, 0.4) is 0 Å². The van der Waals surface area contributed by atoms with Crippen LogP contribution in [0.25, 0.3) is 0 Å². The van der Waals surface area contributed by atoms with Crippen LogP contribution >= 0.6 is 11.6 Å². The Morgan fingerprint density at radius 3 is 2.64 bits per heavy atom. The lowest BCUT2D eigenvalue weighted by Crippen LogP contribution is -2.59. The number of ether oxygens (including phenoxy) is 2. The predicted molar refractivity (Wildman–Crippen MR) is 93.7 cm³/mol. The van der Waals surface area contributed by atoms with Crippen LogP contribution in [0.15, 0.2) is 36.4 Å². The molecule has 1 saturated carbocycles. The van der Waals surface area contributed by atoms with E-state index in [9.17, 15) is 4.39 Å². The standard InChI is InChI=1S/C20H19ClFNO2/c1-19(15-6-5-13(21)7-16(15)22)24-17-4-2-3-14(18(17)25-19)12-8-20(9-12)10-23-11-20/h2-7,12,23H,8-11H2,1H3. The largest absolute Gasteiger partial charge is 0.444 e. The van der Waals surface area contributed by atoms with Gasteiger partial charge in [-0.2, -0.15) is 0 Å². The highest BCUT2D eigenvalue weighted by atomic mass is 35.5. The van der Waals surface area contributed by atoms with E-state index in [2.05, 4.69) is 11.4 Å². The van der Waals surface area contributed by atoms with Crippen molar-refractivity contribution in [3.8, 4) is 11.5 Å². The average molecular weight is 360 g/mol. The summed E-state index contributed by atoms with van der Waals surface area (Å²) in [6.45, 7) is 3.98. The van der Waals surface area contributed by atoms with Crippen LogP contribution in [0.5, 0.6) is 11.5 Å². The maximum Gasteiger partial charge on any atom is 0.278 e. The first-order valence-corrected chi connectivity index (χ1v) is 9.03. The topological polar surface area (TPSA) is 30.5 Å². The molecule has 5 heteroatoms. The van der Waals surface area contributed by atoms with E-state index in [0.29, 0.717) is 27.7 Å². The second-order valence-electron chi connectivity index (χ2n) is 7.66. The molecule has 2 fully saturated rings. The number of nitrogens with one attached hydrogen (secondary N) is 1. The van der Waals surface area contributed by atoms with Crippen molar-refractivity contribution < 1.29 is 13.9 Å². The van der Waals surface area contributed by atoms with Crippen molar-refractivity contribution in [1.82, 2.24) is 5.32 Å². The van der Waals surface area contributed by atoms with E-state index >= 15 is 0 Å². The Hall–Kier alpha value is -1.78. The molecule has 0 aromatic heterocycles. The number of hydrogen-bond donors (Lipinski definition) is 1. The van der Waals surface area contributed by atoms with Gasteiger partial charge in [0, 0.05) is 30.6 Å². The molecule has 2 heterocycles. The molecule has 3 nitrogen and oxygen atoms in total. The third-order valence-corrected chi connectivity index (χ3v) is 6.07. The monoisotopic (exact) mass is 359 g/mol. The van der Waals surface area contributed by atoms with Crippen molar-refractivity contribution in [2.75, 3.05) is 13.1 Å². The van der Waals surface area contributed by atoms with Crippen molar-refractivity contribution in [3.63, 3.8) is 0 Å². The SMILES string of the molecule is CC1(c2ccc(Cl)cc2F)Oc2cccc(C3CC4(CNC4)C3)c2O1.